The van der Waals surface area contributed by atoms with Gasteiger partial charge in [-0.3, -0.25) is 9.59 Å². The Hall–Kier alpha value is -1.56. The molecule has 0 radical (unpaired) electrons. The lowest BCUT2D eigenvalue weighted by Crippen LogP contribution is -2.37. The van der Waals surface area contributed by atoms with Crippen molar-refractivity contribution in [2.75, 3.05) is 11.4 Å². The van der Waals surface area contributed by atoms with Crippen molar-refractivity contribution in [3.63, 3.8) is 0 Å². The number of hydrogen-bond donors (Lipinski definition) is 0. The van der Waals surface area contributed by atoms with Crippen molar-refractivity contribution in [3.05, 3.63) is 28.7 Å². The molecule has 2 amide bonds. The summed E-state index contributed by atoms with van der Waals surface area (Å²) in [4.78, 5) is 25.9. The van der Waals surface area contributed by atoms with Gasteiger partial charge < -0.3 is 0 Å². The molecule has 0 aromatic heterocycles. The molecule has 2 aliphatic rings. The monoisotopic (exact) mass is 307 g/mol. The fraction of sp³-hybridized carbons (Fsp3) is 0.333. The zero-order valence-corrected chi connectivity index (χ0v) is 11.2. The molecule has 1 aromatic rings. The standard InChI is InChI=1S/C12H10BrN3O2/c1-12-9(6-14-15-12)10(17)16(11(12)18)8-4-2-3-7(13)5-8/h2-5,9H,6H2,1H3/t9-,12-/m1/s1. The van der Waals surface area contributed by atoms with E-state index in [1.807, 2.05) is 6.07 Å². The first-order chi connectivity index (χ1) is 8.54. The predicted molar refractivity (Wildman–Crippen MR) is 68.3 cm³/mol. The quantitative estimate of drug-likeness (QED) is 0.746. The van der Waals surface area contributed by atoms with Gasteiger partial charge in [-0.1, -0.05) is 22.0 Å². The number of fused-ring (bicyclic) bond motifs is 1. The maximum atomic E-state index is 12.4. The van der Waals surface area contributed by atoms with Crippen molar-refractivity contribution in [1.82, 2.24) is 0 Å². The average Bonchev–Trinajstić information content (AvgIpc) is 2.79. The number of halogens is 1. The van der Waals surface area contributed by atoms with E-state index in [2.05, 4.69) is 26.2 Å². The number of nitrogens with zero attached hydrogens (tertiary/aromatic N) is 3. The molecule has 0 saturated carbocycles. The molecule has 0 N–H and O–H groups in total. The number of amides is 2. The third-order valence-electron chi connectivity index (χ3n) is 3.44. The third kappa shape index (κ3) is 1.38. The van der Waals surface area contributed by atoms with Crippen LogP contribution in [0.15, 0.2) is 39.0 Å². The molecule has 0 aliphatic carbocycles. The molecule has 2 aliphatic heterocycles. The Morgan fingerprint density at radius 2 is 2.22 bits per heavy atom. The molecule has 0 unspecified atom stereocenters. The molecule has 0 spiro atoms. The van der Waals surface area contributed by atoms with Gasteiger partial charge in [-0.25, -0.2) is 4.90 Å². The lowest BCUT2D eigenvalue weighted by molar-refractivity contribution is -0.122. The van der Waals surface area contributed by atoms with Crippen molar-refractivity contribution in [3.8, 4) is 0 Å². The van der Waals surface area contributed by atoms with Gasteiger partial charge in [0.05, 0.1) is 18.2 Å². The maximum Gasteiger partial charge on any atom is 0.264 e. The molecule has 2 atom stereocenters. The summed E-state index contributed by atoms with van der Waals surface area (Å²) in [5, 5.41) is 7.79. The lowest BCUT2D eigenvalue weighted by Gasteiger charge is -2.16. The van der Waals surface area contributed by atoms with Crippen molar-refractivity contribution >= 4 is 33.4 Å². The molecule has 1 saturated heterocycles. The number of benzene rings is 1. The first-order valence-corrected chi connectivity index (χ1v) is 6.36. The Bertz CT molecular complexity index is 586. The van der Waals surface area contributed by atoms with Crippen LogP contribution in [0.25, 0.3) is 0 Å². The number of azo groups is 1. The maximum absolute atomic E-state index is 12.4. The highest BCUT2D eigenvalue weighted by Crippen LogP contribution is 2.40. The van der Waals surface area contributed by atoms with Crippen LogP contribution in [-0.2, 0) is 9.59 Å². The van der Waals surface area contributed by atoms with Gasteiger partial charge in [0, 0.05) is 4.47 Å². The second kappa shape index (κ2) is 3.71. The van der Waals surface area contributed by atoms with Crippen LogP contribution in [0.2, 0.25) is 0 Å². The Morgan fingerprint density at radius 1 is 1.44 bits per heavy atom. The Kier molecular flexibility index (Phi) is 2.38. The summed E-state index contributed by atoms with van der Waals surface area (Å²) in [7, 11) is 0. The molecule has 18 heavy (non-hydrogen) atoms. The summed E-state index contributed by atoms with van der Waals surface area (Å²) < 4.78 is 0.824. The fourth-order valence-electron chi connectivity index (χ4n) is 2.37. The molecule has 0 bridgehead atoms. The van der Waals surface area contributed by atoms with Crippen molar-refractivity contribution < 1.29 is 9.59 Å². The summed E-state index contributed by atoms with van der Waals surface area (Å²) in [6, 6.07) is 7.12. The molecule has 92 valence electrons. The minimum absolute atomic E-state index is 0.217. The Morgan fingerprint density at radius 3 is 2.89 bits per heavy atom. The molecular formula is C12H10BrN3O2. The zero-order valence-electron chi connectivity index (χ0n) is 9.63. The summed E-state index contributed by atoms with van der Waals surface area (Å²) in [6.45, 7) is 1.97. The van der Waals surface area contributed by atoms with Gasteiger partial charge in [-0.15, -0.1) is 0 Å². The Labute approximate surface area is 112 Å². The largest absolute Gasteiger partial charge is 0.274 e. The van der Waals surface area contributed by atoms with Crippen LogP contribution in [0.5, 0.6) is 0 Å². The van der Waals surface area contributed by atoms with E-state index in [-0.39, 0.29) is 11.8 Å². The number of hydrogen-bond acceptors (Lipinski definition) is 4. The van der Waals surface area contributed by atoms with E-state index < -0.39 is 11.5 Å². The number of imide groups is 1. The SMILES string of the molecule is C[C@@]12N=NC[C@@H]1C(=O)N(c1cccc(Br)c1)C2=O. The molecule has 5 nitrogen and oxygen atoms in total. The van der Waals surface area contributed by atoms with Crippen LogP contribution in [0.3, 0.4) is 0 Å². The summed E-state index contributed by atoms with van der Waals surface area (Å²) >= 11 is 3.33. The van der Waals surface area contributed by atoms with E-state index >= 15 is 0 Å². The van der Waals surface area contributed by atoms with E-state index in [0.29, 0.717) is 12.2 Å². The fourth-order valence-corrected chi connectivity index (χ4v) is 2.76. The predicted octanol–water partition coefficient (Wildman–Crippen LogP) is 2.16. The van der Waals surface area contributed by atoms with E-state index in [4.69, 9.17) is 0 Å². The smallest absolute Gasteiger partial charge is 0.264 e. The first-order valence-electron chi connectivity index (χ1n) is 5.56. The number of rotatable bonds is 1. The van der Waals surface area contributed by atoms with E-state index in [9.17, 15) is 9.59 Å². The van der Waals surface area contributed by atoms with Crippen molar-refractivity contribution in [2.24, 2.45) is 16.1 Å². The van der Waals surface area contributed by atoms with E-state index in [0.717, 1.165) is 4.47 Å². The molecule has 2 heterocycles. The lowest BCUT2D eigenvalue weighted by atomic mass is 9.90. The van der Waals surface area contributed by atoms with Crippen molar-refractivity contribution in [2.45, 2.75) is 12.5 Å². The van der Waals surface area contributed by atoms with Crippen molar-refractivity contribution in [1.29, 1.82) is 0 Å². The summed E-state index contributed by atoms with van der Waals surface area (Å²) in [6.07, 6.45) is 0. The summed E-state index contributed by atoms with van der Waals surface area (Å²) in [5.41, 5.74) is -0.440. The highest BCUT2D eigenvalue weighted by Gasteiger charge is 2.59. The second-order valence-electron chi connectivity index (χ2n) is 4.58. The van der Waals surface area contributed by atoms with Gasteiger partial charge in [0.25, 0.3) is 5.91 Å². The molecule has 3 rings (SSSR count). The minimum Gasteiger partial charge on any atom is -0.274 e. The average molecular weight is 308 g/mol. The van der Waals surface area contributed by atoms with Gasteiger partial charge in [0.2, 0.25) is 5.91 Å². The molecule has 1 aromatic carbocycles. The van der Waals surface area contributed by atoms with Gasteiger partial charge >= 0.3 is 0 Å². The first kappa shape index (κ1) is 11.5. The van der Waals surface area contributed by atoms with Crippen LogP contribution in [-0.4, -0.2) is 23.9 Å². The third-order valence-corrected chi connectivity index (χ3v) is 3.94. The van der Waals surface area contributed by atoms with Crippen LogP contribution >= 0.6 is 15.9 Å². The van der Waals surface area contributed by atoms with Gasteiger partial charge in [0.15, 0.2) is 5.54 Å². The number of anilines is 1. The van der Waals surface area contributed by atoms with Crippen LogP contribution in [0, 0.1) is 5.92 Å². The minimum atomic E-state index is -1.01. The molecule has 1 fully saturated rings. The van der Waals surface area contributed by atoms with Crippen LogP contribution in [0.4, 0.5) is 5.69 Å². The number of carbonyl (C=O) groups is 2. The topological polar surface area (TPSA) is 62.1 Å². The Balaban J connectivity index is 2.07. The van der Waals surface area contributed by atoms with Gasteiger partial charge in [0.1, 0.15) is 0 Å². The second-order valence-corrected chi connectivity index (χ2v) is 5.50. The summed E-state index contributed by atoms with van der Waals surface area (Å²) in [5.74, 6) is -0.966. The van der Waals surface area contributed by atoms with E-state index in [1.165, 1.54) is 4.90 Å². The van der Waals surface area contributed by atoms with E-state index in [1.54, 1.807) is 25.1 Å². The zero-order chi connectivity index (χ0) is 12.9. The normalized spacial score (nSPS) is 30.1. The molecule has 6 heteroatoms. The highest BCUT2D eigenvalue weighted by molar-refractivity contribution is 9.10. The van der Waals surface area contributed by atoms with Gasteiger partial charge in [-0.05, 0) is 25.1 Å². The highest BCUT2D eigenvalue weighted by atomic mass is 79.9. The van der Waals surface area contributed by atoms with Crippen LogP contribution in [0.1, 0.15) is 6.92 Å². The number of carbonyl (C=O) groups excluding carboxylic acids is 2. The van der Waals surface area contributed by atoms with Crippen LogP contribution < -0.4 is 4.90 Å². The van der Waals surface area contributed by atoms with Gasteiger partial charge in [-0.2, -0.15) is 10.2 Å². The molecular weight excluding hydrogens is 298 g/mol.